The predicted molar refractivity (Wildman–Crippen MR) is 181 cm³/mol. The van der Waals surface area contributed by atoms with Crippen molar-refractivity contribution in [2.24, 2.45) is 0 Å². The van der Waals surface area contributed by atoms with Gasteiger partial charge in [0.05, 0.1) is 54.1 Å². The molecule has 4 heterocycles. The van der Waals surface area contributed by atoms with E-state index in [1.54, 1.807) is 30.4 Å². The maximum atomic E-state index is 13.8. The second kappa shape index (κ2) is 14.4. The summed E-state index contributed by atoms with van der Waals surface area (Å²) in [4.78, 5) is 32.2. The van der Waals surface area contributed by atoms with E-state index in [4.69, 9.17) is 25.9 Å². The van der Waals surface area contributed by atoms with Crippen molar-refractivity contribution in [3.8, 4) is 5.75 Å². The van der Waals surface area contributed by atoms with E-state index in [2.05, 4.69) is 50.8 Å². The Balaban J connectivity index is 1.22. The molecule has 6 rings (SSSR count). The molecular weight excluding hydrogens is 625 g/mol. The van der Waals surface area contributed by atoms with Crippen molar-refractivity contribution in [3.63, 3.8) is 0 Å². The van der Waals surface area contributed by atoms with Crippen LogP contribution in [0.15, 0.2) is 55.4 Å². The summed E-state index contributed by atoms with van der Waals surface area (Å²) < 4.78 is 25.6. The third-order valence-corrected chi connectivity index (χ3v) is 9.19. The van der Waals surface area contributed by atoms with E-state index >= 15 is 0 Å². The normalized spacial score (nSPS) is 22.3. The number of piperidine rings is 1. The second-order valence-electron chi connectivity index (χ2n) is 12.2. The molecule has 13 heteroatoms. The Bertz CT molecular complexity index is 1590. The summed E-state index contributed by atoms with van der Waals surface area (Å²) in [6.07, 6.45) is 5.84. The lowest BCUT2D eigenvalue weighted by atomic mass is 10.00. The van der Waals surface area contributed by atoms with E-state index in [1.165, 1.54) is 18.5 Å². The van der Waals surface area contributed by atoms with Gasteiger partial charge in [0.2, 0.25) is 5.91 Å². The SMILES string of the molecule is C=CC(=O)Nc1cc(Nc2cc(N3OCC[C@@H]3c3ccc(F)c(Cl)c3)ncn2)c(OC)cc1N1CCC(N2C[C@@H](C)O[C@@H](C)C2)CC1. The van der Waals surface area contributed by atoms with Crippen LogP contribution in [0.5, 0.6) is 5.75 Å². The molecule has 3 aliphatic rings. The van der Waals surface area contributed by atoms with Crippen molar-refractivity contribution in [3.05, 3.63) is 71.8 Å². The van der Waals surface area contributed by atoms with Gasteiger partial charge in [-0.25, -0.2) is 19.4 Å². The topological polar surface area (TPSA) is 104 Å². The van der Waals surface area contributed by atoms with Crippen molar-refractivity contribution in [2.75, 3.05) is 60.5 Å². The number of hydrogen-bond acceptors (Lipinski definition) is 10. The first-order chi connectivity index (χ1) is 22.7. The molecule has 3 aliphatic heterocycles. The van der Waals surface area contributed by atoms with Gasteiger partial charge in [0.25, 0.3) is 0 Å². The summed E-state index contributed by atoms with van der Waals surface area (Å²) in [5.74, 6) is 0.818. The predicted octanol–water partition coefficient (Wildman–Crippen LogP) is 6.11. The van der Waals surface area contributed by atoms with Crippen LogP contribution in [0, 0.1) is 5.82 Å². The molecule has 1 aromatic heterocycles. The molecule has 0 radical (unpaired) electrons. The Morgan fingerprint density at radius 3 is 2.55 bits per heavy atom. The smallest absolute Gasteiger partial charge is 0.247 e. The number of carbonyl (C=O) groups is 1. The number of nitrogens with one attached hydrogen (secondary N) is 2. The summed E-state index contributed by atoms with van der Waals surface area (Å²) >= 11 is 6.07. The Morgan fingerprint density at radius 2 is 1.85 bits per heavy atom. The molecule has 0 saturated carbocycles. The molecule has 3 saturated heterocycles. The molecule has 0 bridgehead atoms. The quantitative estimate of drug-likeness (QED) is 0.260. The number of rotatable bonds is 9. The standard InChI is InChI=1S/C34H41ClFN7O4/c1-5-34(44)40-27-15-28(31(45-4)16-30(27)41-11-8-24(9-12-41)42-18-21(2)47-22(3)19-42)39-32-17-33(38-20-37-32)43-29(10-13-46-43)23-6-7-26(36)25(35)14-23/h5-7,14-17,20-22,24,29H,1,8-13,18-19H2,2-4H3,(H,40,44)(H,37,38,39)/t21-,22+,29-/m1/s1. The third kappa shape index (κ3) is 7.46. The van der Waals surface area contributed by atoms with E-state index < -0.39 is 5.82 Å². The van der Waals surface area contributed by atoms with E-state index in [0.29, 0.717) is 47.8 Å². The summed E-state index contributed by atoms with van der Waals surface area (Å²) in [5, 5.41) is 8.07. The largest absolute Gasteiger partial charge is 0.494 e. The molecule has 0 spiro atoms. The maximum absolute atomic E-state index is 13.8. The van der Waals surface area contributed by atoms with Crippen LogP contribution >= 0.6 is 11.6 Å². The van der Waals surface area contributed by atoms with Crippen LogP contribution < -0.4 is 25.3 Å². The number of anilines is 5. The van der Waals surface area contributed by atoms with E-state index in [-0.39, 0.29) is 29.2 Å². The number of methoxy groups -OCH3 is 1. The van der Waals surface area contributed by atoms with Gasteiger partial charge < -0.3 is 25.0 Å². The second-order valence-corrected chi connectivity index (χ2v) is 12.6. The Labute approximate surface area is 279 Å². The zero-order valence-electron chi connectivity index (χ0n) is 26.9. The molecule has 11 nitrogen and oxygen atoms in total. The molecule has 3 atom stereocenters. The van der Waals surface area contributed by atoms with E-state index in [9.17, 15) is 9.18 Å². The average Bonchev–Trinajstić information content (AvgIpc) is 3.56. The maximum Gasteiger partial charge on any atom is 0.247 e. The Kier molecular flexibility index (Phi) is 10.1. The van der Waals surface area contributed by atoms with Crippen LogP contribution in [0.2, 0.25) is 5.02 Å². The highest BCUT2D eigenvalue weighted by Crippen LogP contribution is 2.41. The molecule has 1 amide bonds. The fourth-order valence-corrected chi connectivity index (χ4v) is 6.95. The van der Waals surface area contributed by atoms with Crippen LogP contribution in [0.25, 0.3) is 0 Å². The van der Waals surface area contributed by atoms with Gasteiger partial charge in [-0.2, -0.15) is 0 Å². The van der Waals surface area contributed by atoms with Crippen molar-refractivity contribution in [2.45, 2.75) is 57.4 Å². The lowest BCUT2D eigenvalue weighted by molar-refractivity contribution is -0.111. The third-order valence-electron chi connectivity index (χ3n) is 8.90. The van der Waals surface area contributed by atoms with E-state index in [0.717, 1.165) is 50.3 Å². The molecule has 0 unspecified atom stereocenters. The molecule has 2 aromatic carbocycles. The van der Waals surface area contributed by atoms with Gasteiger partial charge in [0.1, 0.15) is 23.7 Å². The highest BCUT2D eigenvalue weighted by atomic mass is 35.5. The highest BCUT2D eigenvalue weighted by molar-refractivity contribution is 6.30. The minimum atomic E-state index is -0.472. The van der Waals surface area contributed by atoms with Crippen molar-refractivity contribution in [1.82, 2.24) is 14.9 Å². The van der Waals surface area contributed by atoms with Gasteiger partial charge in [-0.3, -0.25) is 14.5 Å². The molecule has 0 aliphatic carbocycles. The van der Waals surface area contributed by atoms with Crippen LogP contribution in [-0.4, -0.2) is 78.9 Å². The Hall–Kier alpha value is -3.97. The number of carbonyl (C=O) groups excluding carboxylic acids is 1. The molecule has 47 heavy (non-hydrogen) atoms. The van der Waals surface area contributed by atoms with Crippen LogP contribution in [0.1, 0.15) is 44.7 Å². The lowest BCUT2D eigenvalue weighted by Gasteiger charge is -2.44. The first-order valence-corrected chi connectivity index (χ1v) is 16.4. The van der Waals surface area contributed by atoms with Crippen molar-refractivity contribution in [1.29, 1.82) is 0 Å². The first-order valence-electron chi connectivity index (χ1n) is 16.0. The molecule has 3 fully saturated rings. The zero-order valence-corrected chi connectivity index (χ0v) is 27.7. The number of hydroxylamine groups is 1. The first kappa shape index (κ1) is 33.0. The lowest BCUT2D eigenvalue weighted by Crippen LogP contribution is -2.53. The van der Waals surface area contributed by atoms with Gasteiger partial charge in [0.15, 0.2) is 5.82 Å². The number of aromatic nitrogens is 2. The van der Waals surface area contributed by atoms with Crippen molar-refractivity contribution < 1.29 is 23.5 Å². The Morgan fingerprint density at radius 1 is 1.09 bits per heavy atom. The van der Waals surface area contributed by atoms with Gasteiger partial charge in [-0.1, -0.05) is 24.2 Å². The average molecular weight is 666 g/mol. The van der Waals surface area contributed by atoms with Gasteiger partial charge in [-0.05, 0) is 56.5 Å². The van der Waals surface area contributed by atoms with Gasteiger partial charge >= 0.3 is 0 Å². The number of nitrogens with zero attached hydrogens (tertiary/aromatic N) is 5. The van der Waals surface area contributed by atoms with Gasteiger partial charge in [0, 0.05) is 50.8 Å². The summed E-state index contributed by atoms with van der Waals surface area (Å²) in [5.41, 5.74) is 2.94. The fourth-order valence-electron chi connectivity index (χ4n) is 6.76. The van der Waals surface area contributed by atoms with Crippen LogP contribution in [0.3, 0.4) is 0 Å². The number of morpholine rings is 1. The minimum Gasteiger partial charge on any atom is -0.494 e. The fraction of sp³-hybridized carbons (Fsp3) is 0.441. The summed E-state index contributed by atoms with van der Waals surface area (Å²) in [6.45, 7) is 11.9. The van der Waals surface area contributed by atoms with Crippen molar-refractivity contribution >= 4 is 46.2 Å². The number of amides is 1. The van der Waals surface area contributed by atoms with Gasteiger partial charge in [-0.15, -0.1) is 0 Å². The molecule has 3 aromatic rings. The number of halogens is 2. The van der Waals surface area contributed by atoms with E-state index in [1.807, 2.05) is 12.1 Å². The molecular formula is C34H41ClFN7O4. The molecule has 250 valence electrons. The van der Waals surface area contributed by atoms with Crippen LogP contribution in [0.4, 0.5) is 33.1 Å². The number of benzene rings is 2. The number of hydrogen-bond donors (Lipinski definition) is 2. The highest BCUT2D eigenvalue weighted by Gasteiger charge is 2.32. The minimum absolute atomic E-state index is 0.0556. The van der Waals surface area contributed by atoms with Crippen LogP contribution in [-0.2, 0) is 14.4 Å². The zero-order chi connectivity index (χ0) is 33.1. The molecule has 2 N–H and O–H groups in total. The summed E-state index contributed by atoms with van der Waals surface area (Å²) in [7, 11) is 1.61. The number of ether oxygens (including phenoxy) is 2. The monoisotopic (exact) mass is 665 g/mol. The summed E-state index contributed by atoms with van der Waals surface area (Å²) in [6, 6.07) is 10.5.